The van der Waals surface area contributed by atoms with E-state index in [-0.39, 0.29) is 24.8 Å². The molecule has 0 aliphatic carbocycles. The Bertz CT molecular complexity index is 654. The third-order valence-electron chi connectivity index (χ3n) is 4.38. The number of hydrogen-bond donors (Lipinski definition) is 2. The second-order valence-electron chi connectivity index (χ2n) is 6.44. The molecule has 1 atom stereocenters. The summed E-state index contributed by atoms with van der Waals surface area (Å²) in [6.45, 7) is 6.99. The first-order chi connectivity index (χ1) is 12.4. The van der Waals surface area contributed by atoms with Gasteiger partial charge in [0.15, 0.2) is 0 Å². The zero-order valence-corrected chi connectivity index (χ0v) is 15.6. The normalized spacial score (nSPS) is 16.8. The number of esters is 1. The van der Waals surface area contributed by atoms with Crippen LogP contribution in [0.15, 0.2) is 18.2 Å². The van der Waals surface area contributed by atoms with E-state index in [9.17, 15) is 14.4 Å². The highest BCUT2D eigenvalue weighted by molar-refractivity contribution is 5.93. The molecule has 1 heterocycles. The minimum Gasteiger partial charge on any atom is -0.466 e. The Morgan fingerprint density at radius 2 is 2.00 bits per heavy atom. The van der Waals surface area contributed by atoms with Gasteiger partial charge in [-0.2, -0.15) is 0 Å². The number of para-hydroxylation sites is 1. The van der Waals surface area contributed by atoms with E-state index in [1.54, 1.807) is 0 Å². The smallest absolute Gasteiger partial charge is 0.308 e. The zero-order valence-electron chi connectivity index (χ0n) is 15.6. The van der Waals surface area contributed by atoms with Crippen molar-refractivity contribution < 1.29 is 19.1 Å². The fourth-order valence-corrected chi connectivity index (χ4v) is 3.01. The van der Waals surface area contributed by atoms with Crippen molar-refractivity contribution >= 4 is 23.5 Å². The van der Waals surface area contributed by atoms with Crippen LogP contribution in [-0.4, -0.2) is 55.0 Å². The second-order valence-corrected chi connectivity index (χ2v) is 6.44. The average Bonchev–Trinajstić information content (AvgIpc) is 2.61. The highest BCUT2D eigenvalue weighted by atomic mass is 16.5. The van der Waals surface area contributed by atoms with Crippen molar-refractivity contribution in [3.8, 4) is 0 Å². The summed E-state index contributed by atoms with van der Waals surface area (Å²) in [7, 11) is 0. The van der Waals surface area contributed by atoms with E-state index in [2.05, 4.69) is 10.6 Å². The minimum absolute atomic E-state index is 0.0689. The number of hydrogen-bond acceptors (Lipinski definition) is 5. The average molecular weight is 361 g/mol. The summed E-state index contributed by atoms with van der Waals surface area (Å²) >= 11 is 0. The van der Waals surface area contributed by atoms with Crippen molar-refractivity contribution in [1.82, 2.24) is 10.2 Å². The molecule has 1 aromatic rings. The van der Waals surface area contributed by atoms with Gasteiger partial charge in [0.25, 0.3) is 0 Å². The van der Waals surface area contributed by atoms with E-state index in [0.717, 1.165) is 16.8 Å². The molecule has 0 spiro atoms. The number of nitrogens with zero attached hydrogens (tertiary/aromatic N) is 1. The van der Waals surface area contributed by atoms with Crippen LogP contribution in [0.4, 0.5) is 5.69 Å². The second kappa shape index (κ2) is 9.22. The molecule has 0 saturated carbocycles. The quantitative estimate of drug-likeness (QED) is 0.717. The van der Waals surface area contributed by atoms with Crippen LogP contribution in [0.5, 0.6) is 0 Å². The third-order valence-corrected chi connectivity index (χ3v) is 4.38. The van der Waals surface area contributed by atoms with E-state index < -0.39 is 12.0 Å². The maximum Gasteiger partial charge on any atom is 0.308 e. The summed E-state index contributed by atoms with van der Waals surface area (Å²) in [5.74, 6) is -0.990. The molecule has 2 N–H and O–H groups in total. The van der Waals surface area contributed by atoms with Crippen molar-refractivity contribution in [2.75, 3.05) is 31.6 Å². The van der Waals surface area contributed by atoms with E-state index in [1.165, 1.54) is 4.90 Å². The van der Waals surface area contributed by atoms with Gasteiger partial charge < -0.3 is 20.3 Å². The molecule has 1 aromatic carbocycles. The molecule has 7 nitrogen and oxygen atoms in total. The number of piperazine rings is 1. The number of anilines is 1. The molecule has 2 rings (SSSR count). The third kappa shape index (κ3) is 4.97. The van der Waals surface area contributed by atoms with Crippen LogP contribution in [0.2, 0.25) is 0 Å². The summed E-state index contributed by atoms with van der Waals surface area (Å²) < 4.78 is 5.06. The number of aryl methyl sites for hydroxylation is 2. The predicted molar refractivity (Wildman–Crippen MR) is 98.8 cm³/mol. The van der Waals surface area contributed by atoms with E-state index in [0.29, 0.717) is 26.1 Å². The topological polar surface area (TPSA) is 87.7 Å². The summed E-state index contributed by atoms with van der Waals surface area (Å²) in [6.07, 6.45) is 0.589. The minimum atomic E-state index is -0.819. The molecule has 0 aromatic heterocycles. The SMILES string of the molecule is CCCOC(=O)CC1C(=O)NCCN1C(=O)CNc1c(C)cccc1C. The maximum absolute atomic E-state index is 12.7. The highest BCUT2D eigenvalue weighted by Gasteiger charge is 2.34. The standard InChI is InChI=1S/C19H27N3O4/c1-4-10-26-17(24)11-15-19(25)20-8-9-22(15)16(23)12-21-18-13(2)6-5-7-14(18)3/h5-7,15,21H,4,8-12H2,1-3H3,(H,20,25). The Kier molecular flexibility index (Phi) is 7.00. The number of rotatable bonds is 7. The number of carbonyl (C=O) groups is 3. The molecule has 0 bridgehead atoms. The summed E-state index contributed by atoms with van der Waals surface area (Å²) in [5.41, 5.74) is 3.02. The molecule has 1 aliphatic rings. The Labute approximate surface area is 154 Å². The molecular weight excluding hydrogens is 334 g/mol. The first kappa shape index (κ1) is 19.8. The molecule has 0 radical (unpaired) electrons. The molecule has 1 saturated heterocycles. The Balaban J connectivity index is 2.02. The Morgan fingerprint density at radius 3 is 2.65 bits per heavy atom. The van der Waals surface area contributed by atoms with Gasteiger partial charge in [-0.15, -0.1) is 0 Å². The van der Waals surface area contributed by atoms with Gasteiger partial charge in [-0.3, -0.25) is 14.4 Å². The number of ether oxygens (including phenoxy) is 1. The van der Waals surface area contributed by atoms with Crippen LogP contribution < -0.4 is 10.6 Å². The molecule has 1 aliphatic heterocycles. The van der Waals surface area contributed by atoms with Gasteiger partial charge in [-0.05, 0) is 31.4 Å². The lowest BCUT2D eigenvalue weighted by atomic mass is 10.1. The van der Waals surface area contributed by atoms with Crippen LogP contribution in [0.1, 0.15) is 30.9 Å². The molecule has 2 amide bonds. The van der Waals surface area contributed by atoms with Crippen LogP contribution in [0.25, 0.3) is 0 Å². The Morgan fingerprint density at radius 1 is 1.31 bits per heavy atom. The van der Waals surface area contributed by atoms with Gasteiger partial charge in [-0.25, -0.2) is 0 Å². The van der Waals surface area contributed by atoms with Crippen molar-refractivity contribution in [3.05, 3.63) is 29.3 Å². The number of nitrogens with one attached hydrogen (secondary N) is 2. The lowest BCUT2D eigenvalue weighted by Gasteiger charge is -2.34. The van der Waals surface area contributed by atoms with Crippen LogP contribution in [-0.2, 0) is 19.1 Å². The van der Waals surface area contributed by atoms with Gasteiger partial charge in [0, 0.05) is 18.8 Å². The van der Waals surface area contributed by atoms with Gasteiger partial charge >= 0.3 is 5.97 Å². The number of carbonyl (C=O) groups excluding carboxylic acids is 3. The van der Waals surface area contributed by atoms with Crippen molar-refractivity contribution in [1.29, 1.82) is 0 Å². The molecule has 7 heteroatoms. The van der Waals surface area contributed by atoms with Gasteiger partial charge in [0.2, 0.25) is 11.8 Å². The van der Waals surface area contributed by atoms with Crippen molar-refractivity contribution in [2.24, 2.45) is 0 Å². The lowest BCUT2D eigenvalue weighted by Crippen LogP contribution is -2.58. The summed E-state index contributed by atoms with van der Waals surface area (Å²) in [5, 5.41) is 5.87. The molecule has 142 valence electrons. The summed E-state index contributed by atoms with van der Waals surface area (Å²) in [4.78, 5) is 38.2. The lowest BCUT2D eigenvalue weighted by molar-refractivity contribution is -0.151. The molecule has 1 unspecified atom stereocenters. The zero-order chi connectivity index (χ0) is 19.1. The summed E-state index contributed by atoms with van der Waals surface area (Å²) in [6, 6.07) is 5.09. The first-order valence-corrected chi connectivity index (χ1v) is 8.97. The first-order valence-electron chi connectivity index (χ1n) is 8.97. The van der Waals surface area contributed by atoms with Crippen molar-refractivity contribution in [3.63, 3.8) is 0 Å². The van der Waals surface area contributed by atoms with Crippen LogP contribution in [0, 0.1) is 13.8 Å². The van der Waals surface area contributed by atoms with Gasteiger partial charge in [0.05, 0.1) is 19.6 Å². The molecule has 26 heavy (non-hydrogen) atoms. The molecular formula is C19H27N3O4. The van der Waals surface area contributed by atoms with E-state index in [4.69, 9.17) is 4.74 Å². The number of benzene rings is 1. The monoisotopic (exact) mass is 361 g/mol. The van der Waals surface area contributed by atoms with Crippen LogP contribution in [0.3, 0.4) is 0 Å². The van der Waals surface area contributed by atoms with Gasteiger partial charge in [0.1, 0.15) is 6.04 Å². The number of amides is 2. The fourth-order valence-electron chi connectivity index (χ4n) is 3.01. The molecule has 1 fully saturated rings. The van der Waals surface area contributed by atoms with Crippen molar-refractivity contribution in [2.45, 2.75) is 39.7 Å². The Hall–Kier alpha value is -2.57. The van der Waals surface area contributed by atoms with Crippen LogP contribution >= 0.6 is 0 Å². The van der Waals surface area contributed by atoms with E-state index >= 15 is 0 Å². The maximum atomic E-state index is 12.7. The van der Waals surface area contributed by atoms with E-state index in [1.807, 2.05) is 39.0 Å². The fraction of sp³-hybridized carbons (Fsp3) is 0.526. The highest BCUT2D eigenvalue weighted by Crippen LogP contribution is 2.19. The predicted octanol–water partition coefficient (Wildman–Crippen LogP) is 1.39. The largest absolute Gasteiger partial charge is 0.466 e. The van der Waals surface area contributed by atoms with Gasteiger partial charge in [-0.1, -0.05) is 25.1 Å².